The molecule has 1 rings (SSSR count). The highest BCUT2D eigenvalue weighted by Crippen LogP contribution is 2.23. The van der Waals surface area contributed by atoms with Crippen LogP contribution in [-0.2, 0) is 4.74 Å². The molecule has 0 aliphatic heterocycles. The van der Waals surface area contributed by atoms with Crippen LogP contribution < -0.4 is 5.73 Å². The normalized spacial score (nSPS) is 13.7. The number of alkyl halides is 3. The van der Waals surface area contributed by atoms with E-state index in [1.54, 1.807) is 24.3 Å². The van der Waals surface area contributed by atoms with Crippen LogP contribution in [0.25, 0.3) is 0 Å². The van der Waals surface area contributed by atoms with Crippen LogP contribution >= 0.6 is 11.6 Å². The van der Waals surface area contributed by atoms with Gasteiger partial charge in [0.05, 0.1) is 19.1 Å². The lowest BCUT2D eigenvalue weighted by Gasteiger charge is -2.17. The second-order valence-corrected chi connectivity index (χ2v) is 3.95. The molecule has 1 atom stereocenters. The number of halogens is 4. The van der Waals surface area contributed by atoms with Gasteiger partial charge >= 0.3 is 6.18 Å². The summed E-state index contributed by atoms with van der Waals surface area (Å²) in [6.07, 6.45) is -5.72. The lowest BCUT2D eigenvalue weighted by atomic mass is 10.1. The first-order chi connectivity index (χ1) is 7.92. The Bertz CT molecular complexity index is 340. The zero-order valence-corrected chi connectivity index (χ0v) is 9.76. The van der Waals surface area contributed by atoms with Crippen LogP contribution in [0.1, 0.15) is 18.1 Å². The summed E-state index contributed by atoms with van der Waals surface area (Å²) in [5.41, 5.74) is 6.17. The summed E-state index contributed by atoms with van der Waals surface area (Å²) >= 11 is 5.70. The minimum absolute atomic E-state index is 0.124. The molecule has 2 N–H and O–H groups in total. The first-order valence-electron chi connectivity index (χ1n) is 5.06. The minimum Gasteiger partial charge on any atom is -0.372 e. The van der Waals surface area contributed by atoms with E-state index in [2.05, 4.69) is 0 Å². The second kappa shape index (κ2) is 6.23. The molecule has 1 aromatic rings. The maximum Gasteiger partial charge on any atom is 0.391 e. The number of ether oxygens (including phenoxy) is 1. The maximum atomic E-state index is 11.9. The summed E-state index contributed by atoms with van der Waals surface area (Å²) in [5.74, 6) is 0. The van der Waals surface area contributed by atoms with Crippen molar-refractivity contribution >= 4 is 11.6 Å². The second-order valence-electron chi connectivity index (χ2n) is 3.51. The molecule has 0 saturated heterocycles. The molecule has 6 heteroatoms. The molecule has 1 aromatic carbocycles. The quantitative estimate of drug-likeness (QED) is 0.888. The third-order valence-corrected chi connectivity index (χ3v) is 2.41. The fourth-order valence-corrected chi connectivity index (χ4v) is 1.42. The monoisotopic (exact) mass is 267 g/mol. The fraction of sp³-hybridized carbons (Fsp3) is 0.455. The van der Waals surface area contributed by atoms with E-state index in [1.165, 1.54) is 0 Å². The molecule has 0 bridgehead atoms. The number of hydrogen-bond acceptors (Lipinski definition) is 2. The zero-order chi connectivity index (χ0) is 12.9. The predicted molar refractivity (Wildman–Crippen MR) is 59.9 cm³/mol. The van der Waals surface area contributed by atoms with Crippen molar-refractivity contribution in [2.75, 3.05) is 13.2 Å². The van der Waals surface area contributed by atoms with E-state index in [-0.39, 0.29) is 6.54 Å². The van der Waals surface area contributed by atoms with Gasteiger partial charge in [0.2, 0.25) is 0 Å². The van der Waals surface area contributed by atoms with Crippen molar-refractivity contribution in [3.8, 4) is 0 Å². The third kappa shape index (κ3) is 5.39. The van der Waals surface area contributed by atoms with E-state index in [4.69, 9.17) is 22.1 Å². The van der Waals surface area contributed by atoms with E-state index in [1.807, 2.05) is 0 Å². The van der Waals surface area contributed by atoms with Gasteiger partial charge in [-0.2, -0.15) is 13.2 Å². The van der Waals surface area contributed by atoms with Crippen molar-refractivity contribution in [2.24, 2.45) is 5.73 Å². The van der Waals surface area contributed by atoms with Crippen molar-refractivity contribution in [2.45, 2.75) is 18.7 Å². The molecular weight excluding hydrogens is 255 g/mol. The number of benzene rings is 1. The third-order valence-electron chi connectivity index (χ3n) is 2.16. The summed E-state index contributed by atoms with van der Waals surface area (Å²) in [7, 11) is 0. The van der Waals surface area contributed by atoms with Crippen molar-refractivity contribution in [1.29, 1.82) is 0 Å². The summed E-state index contributed by atoms with van der Waals surface area (Å²) in [6.45, 7) is -0.270. The topological polar surface area (TPSA) is 35.2 Å². The molecule has 0 aliphatic rings. The van der Waals surface area contributed by atoms with Gasteiger partial charge in [0.25, 0.3) is 0 Å². The van der Waals surface area contributed by atoms with Gasteiger partial charge in [-0.05, 0) is 17.7 Å². The predicted octanol–water partition coefficient (Wildman–Crippen LogP) is 3.31. The minimum atomic E-state index is -4.21. The summed E-state index contributed by atoms with van der Waals surface area (Å²) < 4.78 is 40.9. The molecule has 96 valence electrons. The highest BCUT2D eigenvalue weighted by Gasteiger charge is 2.27. The average molecular weight is 268 g/mol. The molecule has 0 fully saturated rings. The molecule has 0 aromatic heterocycles. The summed E-state index contributed by atoms with van der Waals surface area (Å²) in [5, 5.41) is 0.555. The van der Waals surface area contributed by atoms with Crippen LogP contribution in [0.2, 0.25) is 5.02 Å². The molecule has 0 saturated carbocycles. The van der Waals surface area contributed by atoms with Gasteiger partial charge in [-0.15, -0.1) is 0 Å². The highest BCUT2D eigenvalue weighted by molar-refractivity contribution is 6.30. The Morgan fingerprint density at radius 2 is 1.82 bits per heavy atom. The first kappa shape index (κ1) is 14.3. The van der Waals surface area contributed by atoms with Crippen LogP contribution in [-0.4, -0.2) is 19.3 Å². The lowest BCUT2D eigenvalue weighted by molar-refractivity contribution is -0.149. The zero-order valence-electron chi connectivity index (χ0n) is 9.01. The van der Waals surface area contributed by atoms with Gasteiger partial charge in [-0.3, -0.25) is 0 Å². The van der Waals surface area contributed by atoms with Gasteiger partial charge in [0, 0.05) is 11.6 Å². The SMILES string of the molecule is NCC(OCCC(F)(F)F)c1ccc(Cl)cc1. The molecule has 17 heavy (non-hydrogen) atoms. The van der Waals surface area contributed by atoms with Crippen LogP contribution in [0.4, 0.5) is 13.2 Å². The smallest absolute Gasteiger partial charge is 0.372 e. The molecule has 0 spiro atoms. The van der Waals surface area contributed by atoms with Crippen molar-refractivity contribution in [3.05, 3.63) is 34.9 Å². The Labute approximate surface area is 103 Å². The van der Waals surface area contributed by atoms with Crippen LogP contribution in [0.5, 0.6) is 0 Å². The molecule has 0 aliphatic carbocycles. The Kier molecular flexibility index (Phi) is 5.24. The van der Waals surface area contributed by atoms with Crippen molar-refractivity contribution < 1.29 is 17.9 Å². The number of rotatable bonds is 5. The van der Waals surface area contributed by atoms with E-state index in [0.717, 1.165) is 5.56 Å². The Hall–Kier alpha value is -0.780. The average Bonchev–Trinajstić information content (AvgIpc) is 2.24. The standard InChI is InChI=1S/C11H13ClF3NO/c12-9-3-1-8(2-4-9)10(7-16)17-6-5-11(13,14)15/h1-4,10H,5-7,16H2. The number of nitrogens with two attached hydrogens (primary N) is 1. The molecule has 2 nitrogen and oxygen atoms in total. The maximum absolute atomic E-state index is 11.9. The summed E-state index contributed by atoms with van der Waals surface area (Å²) in [4.78, 5) is 0. The molecule has 1 unspecified atom stereocenters. The molecule has 0 heterocycles. The van der Waals surface area contributed by atoms with Gasteiger partial charge in [-0.25, -0.2) is 0 Å². The Balaban J connectivity index is 2.51. The lowest BCUT2D eigenvalue weighted by Crippen LogP contribution is -2.19. The molecule has 0 radical (unpaired) electrons. The van der Waals surface area contributed by atoms with Gasteiger partial charge in [0.15, 0.2) is 0 Å². The van der Waals surface area contributed by atoms with Crippen molar-refractivity contribution in [3.63, 3.8) is 0 Å². The largest absolute Gasteiger partial charge is 0.391 e. The van der Waals surface area contributed by atoms with Crippen LogP contribution in [0, 0.1) is 0 Å². The Morgan fingerprint density at radius 3 is 2.29 bits per heavy atom. The van der Waals surface area contributed by atoms with Crippen LogP contribution in [0.3, 0.4) is 0 Å². The Morgan fingerprint density at radius 1 is 1.24 bits per heavy atom. The first-order valence-corrected chi connectivity index (χ1v) is 5.44. The van der Waals surface area contributed by atoms with Gasteiger partial charge in [0.1, 0.15) is 0 Å². The fourth-order valence-electron chi connectivity index (χ4n) is 1.29. The van der Waals surface area contributed by atoms with Gasteiger partial charge in [-0.1, -0.05) is 23.7 Å². The van der Waals surface area contributed by atoms with Gasteiger partial charge < -0.3 is 10.5 Å². The van der Waals surface area contributed by atoms with E-state index in [9.17, 15) is 13.2 Å². The number of hydrogen-bond donors (Lipinski definition) is 1. The van der Waals surface area contributed by atoms with E-state index in [0.29, 0.717) is 5.02 Å². The summed E-state index contributed by atoms with van der Waals surface area (Å²) in [6, 6.07) is 6.67. The highest BCUT2D eigenvalue weighted by atomic mass is 35.5. The van der Waals surface area contributed by atoms with Crippen LogP contribution in [0.15, 0.2) is 24.3 Å². The van der Waals surface area contributed by atoms with E-state index < -0.39 is 25.3 Å². The molecular formula is C11H13ClF3NO. The molecule has 0 amide bonds. The van der Waals surface area contributed by atoms with Crippen molar-refractivity contribution in [1.82, 2.24) is 0 Å². The van der Waals surface area contributed by atoms with E-state index >= 15 is 0 Å².